The number of fused-ring (bicyclic) bond motifs is 2. The molecule has 394 valence electrons. The minimum Gasteiger partial charge on any atom is -0.489 e. The number of amides is 1. The number of H-pyrrole nitrogens is 1. The van der Waals surface area contributed by atoms with Crippen molar-refractivity contribution in [3.8, 4) is 23.1 Å². The molecule has 0 unspecified atom stereocenters. The lowest BCUT2D eigenvalue weighted by Gasteiger charge is -2.56. The predicted molar refractivity (Wildman–Crippen MR) is 283 cm³/mol. The Morgan fingerprint density at radius 3 is 2.45 bits per heavy atom. The summed E-state index contributed by atoms with van der Waals surface area (Å²) in [5, 5.41) is 27.1. The minimum absolute atomic E-state index is 0.00219. The summed E-state index contributed by atoms with van der Waals surface area (Å²) in [6.45, 7) is 11.0. The van der Waals surface area contributed by atoms with E-state index in [0.29, 0.717) is 49.3 Å². The summed E-state index contributed by atoms with van der Waals surface area (Å²) < 4.78 is 50.0. The number of carbonyl (C=O) groups excluding carboxylic acids is 1. The fraction of sp³-hybridized carbons (Fsp3) is 0.536. The van der Waals surface area contributed by atoms with Gasteiger partial charge in [0, 0.05) is 73.7 Å². The average molecular weight is 1030 g/mol. The Morgan fingerprint density at radius 1 is 0.946 bits per heavy atom. The van der Waals surface area contributed by atoms with Crippen LogP contribution in [0.4, 0.5) is 17.1 Å². The lowest BCUT2D eigenvalue weighted by atomic mass is 9.59. The third-order valence-electron chi connectivity index (χ3n) is 17.3. The van der Waals surface area contributed by atoms with Crippen molar-refractivity contribution in [2.75, 3.05) is 56.6 Å². The van der Waals surface area contributed by atoms with Gasteiger partial charge in [0.15, 0.2) is 17.2 Å². The van der Waals surface area contributed by atoms with E-state index < -0.39 is 37.0 Å². The molecule has 2 atom stereocenters. The van der Waals surface area contributed by atoms with Crippen molar-refractivity contribution in [2.24, 2.45) is 11.3 Å². The van der Waals surface area contributed by atoms with Gasteiger partial charge in [-0.1, -0.05) is 38.1 Å². The van der Waals surface area contributed by atoms with Crippen LogP contribution in [0, 0.1) is 21.4 Å². The maximum atomic E-state index is 14.5. The number of nitro groups is 1. The number of nitro benzene ring substituents is 1. The maximum absolute atomic E-state index is 14.5. The van der Waals surface area contributed by atoms with Crippen LogP contribution in [0.25, 0.3) is 11.0 Å². The van der Waals surface area contributed by atoms with Crippen LogP contribution in [0.1, 0.15) is 131 Å². The molecule has 6 aliphatic rings. The number of anilines is 2. The first-order valence-electron chi connectivity index (χ1n) is 26.8. The third-order valence-corrected chi connectivity index (χ3v) is 18.6. The molecule has 74 heavy (non-hydrogen) atoms. The molecule has 17 nitrogen and oxygen atoms in total. The zero-order valence-corrected chi connectivity index (χ0v) is 43.8. The SMILES string of the molecule is CC(C)c1ccccc1[C@@H]1CCCN1C1CC2(CCN(c3ccc(C(=O)NS(=O)(=O)c4cc5c(c([N+](=O)[O-])c4)N[C@@H](C4CCC(C)(O)CC4)CO5)c(Oc4cc5cc[nH]c5nc4OC4CCN(C)CC4)c3)CC2)C1. The molecule has 5 aromatic rings. The van der Waals surface area contributed by atoms with Crippen LogP contribution < -0.4 is 29.1 Å². The van der Waals surface area contributed by atoms with Crippen LogP contribution in [0.3, 0.4) is 0 Å². The van der Waals surface area contributed by atoms with Gasteiger partial charge < -0.3 is 39.4 Å². The Labute approximate surface area is 433 Å². The second-order valence-corrected chi connectivity index (χ2v) is 24.4. The lowest BCUT2D eigenvalue weighted by Crippen LogP contribution is -2.54. The molecule has 11 rings (SSSR count). The lowest BCUT2D eigenvalue weighted by molar-refractivity contribution is -0.384. The number of benzene rings is 3. The van der Waals surface area contributed by atoms with Crippen LogP contribution in [0.5, 0.6) is 23.1 Å². The number of sulfonamides is 1. The summed E-state index contributed by atoms with van der Waals surface area (Å²) in [4.78, 5) is 41.2. The van der Waals surface area contributed by atoms with Crippen LogP contribution in [0.15, 0.2) is 77.8 Å². The van der Waals surface area contributed by atoms with E-state index in [2.05, 4.69) is 74.9 Å². The highest BCUT2D eigenvalue weighted by atomic mass is 32.2. The van der Waals surface area contributed by atoms with Gasteiger partial charge in [0.25, 0.3) is 27.5 Å². The van der Waals surface area contributed by atoms with E-state index in [-0.39, 0.29) is 64.5 Å². The number of aromatic amines is 1. The summed E-state index contributed by atoms with van der Waals surface area (Å²) in [6, 6.07) is 20.8. The first kappa shape index (κ1) is 50.2. The Balaban J connectivity index is 0.847. The number of likely N-dealkylation sites (tertiary alicyclic amines) is 2. The Morgan fingerprint density at radius 2 is 1.70 bits per heavy atom. The Hall–Kier alpha value is -5.95. The monoisotopic (exact) mass is 1030 g/mol. The normalized spacial score (nSPS) is 24.8. The summed E-state index contributed by atoms with van der Waals surface area (Å²) >= 11 is 0. The van der Waals surface area contributed by atoms with Crippen molar-refractivity contribution in [3.05, 3.63) is 99.7 Å². The first-order chi connectivity index (χ1) is 35.5. The summed E-state index contributed by atoms with van der Waals surface area (Å²) in [6.07, 6.45) is 12.7. The van der Waals surface area contributed by atoms with Crippen LogP contribution in [-0.2, 0) is 10.0 Å². The van der Waals surface area contributed by atoms with Gasteiger partial charge >= 0.3 is 0 Å². The smallest absolute Gasteiger partial charge is 0.297 e. The van der Waals surface area contributed by atoms with E-state index in [0.717, 1.165) is 75.5 Å². The predicted octanol–water partition coefficient (Wildman–Crippen LogP) is 9.68. The third kappa shape index (κ3) is 10.1. The number of aromatic nitrogens is 2. The molecular weight excluding hydrogens is 961 g/mol. The number of nitrogens with zero attached hydrogens (tertiary/aromatic N) is 5. The van der Waals surface area contributed by atoms with Gasteiger partial charge in [0.1, 0.15) is 24.1 Å². The van der Waals surface area contributed by atoms with Gasteiger partial charge in [-0.25, -0.2) is 13.1 Å². The molecule has 2 aliphatic carbocycles. The van der Waals surface area contributed by atoms with E-state index >= 15 is 0 Å². The second-order valence-electron chi connectivity index (χ2n) is 22.7. The van der Waals surface area contributed by atoms with Gasteiger partial charge in [0.05, 0.1) is 27.0 Å². The zero-order valence-electron chi connectivity index (χ0n) is 43.0. The van der Waals surface area contributed by atoms with Gasteiger partial charge in [0.2, 0.25) is 0 Å². The van der Waals surface area contributed by atoms with Crippen molar-refractivity contribution >= 4 is 44.0 Å². The summed E-state index contributed by atoms with van der Waals surface area (Å²) in [7, 11) is -2.64. The molecule has 1 spiro atoms. The van der Waals surface area contributed by atoms with E-state index in [1.54, 1.807) is 24.4 Å². The summed E-state index contributed by atoms with van der Waals surface area (Å²) in [5.41, 5.74) is 3.42. The van der Waals surface area contributed by atoms with E-state index in [4.69, 9.17) is 19.2 Å². The molecule has 0 bridgehead atoms. The molecule has 3 saturated heterocycles. The number of hydrogen-bond acceptors (Lipinski definition) is 14. The maximum Gasteiger partial charge on any atom is 0.297 e. The minimum atomic E-state index is -4.72. The first-order valence-corrected chi connectivity index (χ1v) is 28.2. The van der Waals surface area contributed by atoms with Gasteiger partial charge in [-0.3, -0.25) is 19.8 Å². The number of nitrogens with one attached hydrogen (secondary N) is 3. The molecular formula is C56H70N8O9S. The number of ether oxygens (including phenoxy) is 3. The van der Waals surface area contributed by atoms with Gasteiger partial charge in [-0.05, 0) is 150 Å². The molecule has 18 heteroatoms. The molecule has 0 radical (unpaired) electrons. The molecule has 5 fully saturated rings. The Bertz CT molecular complexity index is 3020. The topological polar surface area (TPSA) is 205 Å². The van der Waals surface area contributed by atoms with Crippen LogP contribution >= 0.6 is 0 Å². The zero-order chi connectivity index (χ0) is 51.5. The van der Waals surface area contributed by atoms with E-state index in [1.165, 1.54) is 42.9 Å². The summed E-state index contributed by atoms with van der Waals surface area (Å²) in [5.74, 6) is 0.212. The molecule has 4 N–H and O–H groups in total. The van der Waals surface area contributed by atoms with Crippen molar-refractivity contribution in [1.29, 1.82) is 0 Å². The van der Waals surface area contributed by atoms with Crippen molar-refractivity contribution < 1.29 is 37.5 Å². The number of hydrogen-bond donors (Lipinski definition) is 4. The second kappa shape index (κ2) is 20.0. The largest absolute Gasteiger partial charge is 0.489 e. The van der Waals surface area contributed by atoms with Gasteiger partial charge in [-0.15, -0.1) is 0 Å². The molecule has 6 heterocycles. The highest BCUT2D eigenvalue weighted by molar-refractivity contribution is 7.90. The number of piperidine rings is 2. The number of carbonyl (C=O) groups is 1. The molecule has 1 amide bonds. The highest BCUT2D eigenvalue weighted by Crippen LogP contribution is 2.55. The highest BCUT2D eigenvalue weighted by Gasteiger charge is 2.50. The van der Waals surface area contributed by atoms with Crippen LogP contribution in [-0.4, -0.2) is 114 Å². The average Bonchev–Trinajstić information content (AvgIpc) is 4.06. The fourth-order valence-electron chi connectivity index (χ4n) is 12.9. The molecule has 4 aliphatic heterocycles. The molecule has 2 aromatic heterocycles. The quantitative estimate of drug-likeness (QED) is 0.0641. The fourth-order valence-corrected chi connectivity index (χ4v) is 13.9. The van der Waals surface area contributed by atoms with E-state index in [1.807, 2.05) is 19.1 Å². The number of rotatable bonds is 13. The van der Waals surface area contributed by atoms with Crippen molar-refractivity contribution in [2.45, 2.75) is 138 Å². The van der Waals surface area contributed by atoms with Crippen LogP contribution in [0.2, 0.25) is 0 Å². The van der Waals surface area contributed by atoms with Gasteiger partial charge in [-0.2, -0.15) is 4.98 Å². The standard InChI is InChI=1S/C56H70N8O9S/c1-35(2)42-8-5-6-9-43(42)46-10-7-23-63(46)39-32-56(33-39)20-26-62(27-21-56)38-11-12-44(48(29-38)73-50-28-37-15-22-57-52(37)59-54(50)72-40-16-24-61(4)25-17-40)53(65)60-74(69,70)41-30-47(64(67)68)51-49(31-41)71-34-45(58-51)36-13-18-55(3,66)19-14-36/h5-6,8-9,11-12,15,22,28-31,35-36,39-40,45-46,58,66H,7,10,13-14,16-21,23-27,32-34H2,1-4H3,(H,57,59)(H,60,65)/t36?,45-,46+,55?/m1/s1. The molecule has 3 aromatic carbocycles. The number of pyridine rings is 1. The molecule has 2 saturated carbocycles. The number of aliphatic hydroxyl groups is 1. The van der Waals surface area contributed by atoms with E-state index in [9.17, 15) is 28.4 Å². The Kier molecular flexibility index (Phi) is 13.5. The van der Waals surface area contributed by atoms with Crippen molar-refractivity contribution in [1.82, 2.24) is 24.5 Å². The van der Waals surface area contributed by atoms with Crippen molar-refractivity contribution in [3.63, 3.8) is 0 Å².